The van der Waals surface area contributed by atoms with Crippen LogP contribution in [0.4, 0.5) is 5.69 Å². The smallest absolute Gasteiger partial charge is 0.135 e. The lowest BCUT2D eigenvalue weighted by atomic mass is 10.1. The zero-order valence-corrected chi connectivity index (χ0v) is 10.7. The maximum Gasteiger partial charge on any atom is 0.135 e. The molecule has 0 atom stereocenters. The van der Waals surface area contributed by atoms with Gasteiger partial charge in [0.15, 0.2) is 0 Å². The number of nitrogens with zero attached hydrogens (tertiary/aromatic N) is 1. The van der Waals surface area contributed by atoms with Crippen LogP contribution in [0.2, 0.25) is 0 Å². The fourth-order valence-electron chi connectivity index (χ4n) is 2.11. The molecule has 3 nitrogen and oxygen atoms in total. The van der Waals surface area contributed by atoms with Crippen molar-refractivity contribution in [2.75, 3.05) is 5.73 Å². The molecule has 0 aromatic heterocycles. The summed E-state index contributed by atoms with van der Waals surface area (Å²) < 4.78 is 5.88. The van der Waals surface area contributed by atoms with Crippen molar-refractivity contribution < 1.29 is 4.74 Å². The van der Waals surface area contributed by atoms with E-state index in [1.54, 1.807) is 24.3 Å². The predicted octanol–water partition coefficient (Wildman–Crippen LogP) is 4.09. The summed E-state index contributed by atoms with van der Waals surface area (Å²) in [7, 11) is 0. The number of nitrogen functional groups attached to an aromatic ring is 1. The van der Waals surface area contributed by atoms with E-state index in [4.69, 9.17) is 15.7 Å². The third-order valence-electron chi connectivity index (χ3n) is 3.13. The predicted molar refractivity (Wildman–Crippen MR) is 79.6 cm³/mol. The van der Waals surface area contributed by atoms with Gasteiger partial charge >= 0.3 is 0 Å². The first-order valence-corrected chi connectivity index (χ1v) is 6.23. The van der Waals surface area contributed by atoms with E-state index in [-0.39, 0.29) is 0 Å². The normalized spacial score (nSPS) is 10.2. The second-order valence-electron chi connectivity index (χ2n) is 4.44. The standard InChI is InChI=1S/C17H12N2O/c18-11-12-5-7-13(8-6-12)20-17-10-9-16(19)14-3-1-2-4-15(14)17/h1-10H,19H2. The molecule has 2 N–H and O–H groups in total. The Morgan fingerprint density at radius 2 is 1.55 bits per heavy atom. The molecule has 3 aromatic rings. The largest absolute Gasteiger partial charge is 0.457 e. The van der Waals surface area contributed by atoms with Crippen molar-refractivity contribution in [3.05, 3.63) is 66.2 Å². The first-order chi connectivity index (χ1) is 9.78. The van der Waals surface area contributed by atoms with Crippen LogP contribution >= 0.6 is 0 Å². The van der Waals surface area contributed by atoms with Gasteiger partial charge < -0.3 is 10.5 Å². The van der Waals surface area contributed by atoms with Gasteiger partial charge in [0.05, 0.1) is 11.6 Å². The molecule has 3 aromatic carbocycles. The average molecular weight is 260 g/mol. The minimum Gasteiger partial charge on any atom is -0.457 e. The third kappa shape index (κ3) is 2.15. The van der Waals surface area contributed by atoms with Gasteiger partial charge in [-0.1, -0.05) is 24.3 Å². The first kappa shape index (κ1) is 12.1. The lowest BCUT2D eigenvalue weighted by molar-refractivity contribution is 0.488. The first-order valence-electron chi connectivity index (χ1n) is 6.23. The molecule has 0 radical (unpaired) electrons. The number of nitrogens with two attached hydrogens (primary N) is 1. The molecule has 20 heavy (non-hydrogen) atoms. The van der Waals surface area contributed by atoms with E-state index in [0.29, 0.717) is 11.3 Å². The molecule has 0 fully saturated rings. The number of benzene rings is 3. The van der Waals surface area contributed by atoms with Crippen LogP contribution in [0.5, 0.6) is 11.5 Å². The van der Waals surface area contributed by atoms with Crippen molar-refractivity contribution in [1.29, 1.82) is 5.26 Å². The Kier molecular flexibility index (Phi) is 2.98. The fourth-order valence-corrected chi connectivity index (χ4v) is 2.11. The van der Waals surface area contributed by atoms with Crippen LogP contribution in [0.1, 0.15) is 5.56 Å². The molecule has 0 heterocycles. The number of anilines is 1. The van der Waals surface area contributed by atoms with Crippen LogP contribution in [0.3, 0.4) is 0 Å². The van der Waals surface area contributed by atoms with Crippen molar-refractivity contribution in [3.8, 4) is 17.6 Å². The highest BCUT2D eigenvalue weighted by Crippen LogP contribution is 2.33. The second-order valence-corrected chi connectivity index (χ2v) is 4.44. The summed E-state index contributed by atoms with van der Waals surface area (Å²) in [5.74, 6) is 1.44. The number of ether oxygens (including phenoxy) is 1. The molecule has 0 spiro atoms. The fraction of sp³-hybridized carbons (Fsp3) is 0. The quantitative estimate of drug-likeness (QED) is 0.706. The highest BCUT2D eigenvalue weighted by Gasteiger charge is 2.05. The summed E-state index contributed by atoms with van der Waals surface area (Å²) in [5.41, 5.74) is 7.30. The van der Waals surface area contributed by atoms with Crippen LogP contribution in [0.15, 0.2) is 60.7 Å². The Balaban J connectivity index is 2.02. The molecule has 0 saturated carbocycles. The van der Waals surface area contributed by atoms with Crippen molar-refractivity contribution in [1.82, 2.24) is 0 Å². The summed E-state index contributed by atoms with van der Waals surface area (Å²) >= 11 is 0. The molecule has 0 saturated heterocycles. The number of nitriles is 1. The topological polar surface area (TPSA) is 59.0 Å². The Hall–Kier alpha value is -2.99. The molecule has 3 heteroatoms. The van der Waals surface area contributed by atoms with Gasteiger partial charge in [0.25, 0.3) is 0 Å². The maximum absolute atomic E-state index is 8.79. The lowest BCUT2D eigenvalue weighted by Crippen LogP contribution is -1.90. The van der Waals surface area contributed by atoms with E-state index in [2.05, 4.69) is 6.07 Å². The van der Waals surface area contributed by atoms with Gasteiger partial charge in [0.1, 0.15) is 11.5 Å². The Labute approximate surface area is 116 Å². The molecular weight excluding hydrogens is 248 g/mol. The van der Waals surface area contributed by atoms with Crippen LogP contribution in [-0.4, -0.2) is 0 Å². The van der Waals surface area contributed by atoms with Gasteiger partial charge in [0, 0.05) is 16.5 Å². The summed E-state index contributed by atoms with van der Waals surface area (Å²) in [4.78, 5) is 0. The van der Waals surface area contributed by atoms with Gasteiger partial charge in [-0.05, 0) is 36.4 Å². The Bertz CT molecular complexity index is 801. The van der Waals surface area contributed by atoms with E-state index in [1.807, 2.05) is 36.4 Å². The van der Waals surface area contributed by atoms with E-state index in [0.717, 1.165) is 22.2 Å². The summed E-state index contributed by atoms with van der Waals surface area (Å²) in [6.07, 6.45) is 0. The number of rotatable bonds is 2. The molecule has 0 aliphatic heterocycles. The van der Waals surface area contributed by atoms with Crippen LogP contribution in [0.25, 0.3) is 10.8 Å². The van der Waals surface area contributed by atoms with Crippen molar-refractivity contribution in [3.63, 3.8) is 0 Å². The monoisotopic (exact) mass is 260 g/mol. The van der Waals surface area contributed by atoms with Gasteiger partial charge in [-0.25, -0.2) is 0 Å². The molecule has 0 aliphatic carbocycles. The molecule has 0 amide bonds. The molecule has 0 bridgehead atoms. The minimum absolute atomic E-state index is 0.611. The SMILES string of the molecule is N#Cc1ccc(Oc2ccc(N)c3ccccc23)cc1. The van der Waals surface area contributed by atoms with Crippen LogP contribution < -0.4 is 10.5 Å². The summed E-state index contributed by atoms with van der Waals surface area (Å²) in [5, 5.41) is 10.7. The maximum atomic E-state index is 8.79. The zero-order valence-electron chi connectivity index (χ0n) is 10.7. The van der Waals surface area contributed by atoms with E-state index in [1.165, 1.54) is 0 Å². The lowest BCUT2D eigenvalue weighted by Gasteiger charge is -2.10. The van der Waals surface area contributed by atoms with Crippen molar-refractivity contribution in [2.45, 2.75) is 0 Å². The van der Waals surface area contributed by atoms with Crippen molar-refractivity contribution in [2.24, 2.45) is 0 Å². The van der Waals surface area contributed by atoms with Crippen molar-refractivity contribution >= 4 is 16.5 Å². The molecule has 96 valence electrons. The molecule has 3 rings (SSSR count). The Morgan fingerprint density at radius 3 is 2.25 bits per heavy atom. The molecular formula is C17H12N2O. The van der Waals surface area contributed by atoms with E-state index < -0.39 is 0 Å². The number of hydrogen-bond donors (Lipinski definition) is 1. The average Bonchev–Trinajstić information content (AvgIpc) is 2.51. The second kappa shape index (κ2) is 4.94. The van der Waals surface area contributed by atoms with Gasteiger partial charge in [0.2, 0.25) is 0 Å². The zero-order chi connectivity index (χ0) is 13.9. The van der Waals surface area contributed by atoms with E-state index in [9.17, 15) is 0 Å². The van der Waals surface area contributed by atoms with Gasteiger partial charge in [-0.2, -0.15) is 5.26 Å². The number of fused-ring (bicyclic) bond motifs is 1. The summed E-state index contributed by atoms with van der Waals surface area (Å²) in [6.45, 7) is 0. The van der Waals surface area contributed by atoms with Gasteiger partial charge in [-0.3, -0.25) is 0 Å². The minimum atomic E-state index is 0.611. The summed E-state index contributed by atoms with van der Waals surface area (Å²) in [6, 6.07) is 20.6. The highest BCUT2D eigenvalue weighted by molar-refractivity contribution is 5.97. The molecule has 0 unspecified atom stereocenters. The highest BCUT2D eigenvalue weighted by atomic mass is 16.5. The van der Waals surface area contributed by atoms with Crippen LogP contribution in [-0.2, 0) is 0 Å². The van der Waals surface area contributed by atoms with E-state index >= 15 is 0 Å². The Morgan fingerprint density at radius 1 is 0.850 bits per heavy atom. The molecule has 0 aliphatic rings. The third-order valence-corrected chi connectivity index (χ3v) is 3.13. The number of hydrogen-bond acceptors (Lipinski definition) is 3. The van der Waals surface area contributed by atoms with Gasteiger partial charge in [-0.15, -0.1) is 0 Å². The van der Waals surface area contributed by atoms with Crippen LogP contribution in [0, 0.1) is 11.3 Å².